The number of imide groups is 1. The monoisotopic (exact) mass is 282 g/mol. The molecule has 2 aliphatic heterocycles. The lowest BCUT2D eigenvalue weighted by molar-refractivity contribution is -0.137. The van der Waals surface area contributed by atoms with E-state index in [-0.39, 0.29) is 24.9 Å². The predicted octanol–water partition coefficient (Wildman–Crippen LogP) is -0.196. The van der Waals surface area contributed by atoms with Crippen molar-refractivity contribution in [1.29, 1.82) is 0 Å². The lowest BCUT2D eigenvalue weighted by Crippen LogP contribution is -2.64. The first-order chi connectivity index (χ1) is 9.43. The second-order valence-electron chi connectivity index (χ2n) is 5.02. The molecular formula is C12H18N4O4. The number of likely N-dealkylation sites (N-methyl/N-ethyl adjacent to an activating group) is 2. The highest BCUT2D eigenvalue weighted by molar-refractivity contribution is 6.01. The highest BCUT2D eigenvalue weighted by Gasteiger charge is 2.48. The predicted molar refractivity (Wildman–Crippen MR) is 70.2 cm³/mol. The number of carboxylic acid groups (broad SMARTS) is 1. The third-order valence-electron chi connectivity index (χ3n) is 3.59. The number of rotatable bonds is 5. The Bertz CT molecular complexity index is 464. The van der Waals surface area contributed by atoms with E-state index in [9.17, 15) is 14.4 Å². The molecule has 8 nitrogen and oxygen atoms in total. The van der Waals surface area contributed by atoms with E-state index in [1.807, 2.05) is 0 Å². The van der Waals surface area contributed by atoms with Crippen LogP contribution in [-0.2, 0) is 9.59 Å². The average Bonchev–Trinajstić information content (AvgIpc) is 2.77. The van der Waals surface area contributed by atoms with Crippen LogP contribution in [0, 0.1) is 0 Å². The number of nitrogens with zero attached hydrogens (tertiary/aromatic N) is 4. The van der Waals surface area contributed by atoms with Crippen LogP contribution < -0.4 is 0 Å². The van der Waals surface area contributed by atoms with Crippen molar-refractivity contribution in [3.8, 4) is 0 Å². The molecular weight excluding hydrogens is 264 g/mol. The van der Waals surface area contributed by atoms with E-state index < -0.39 is 18.2 Å². The lowest BCUT2D eigenvalue weighted by Gasteiger charge is -2.40. The van der Waals surface area contributed by atoms with E-state index in [0.717, 1.165) is 0 Å². The van der Waals surface area contributed by atoms with Crippen molar-refractivity contribution in [3.05, 3.63) is 0 Å². The minimum atomic E-state index is -0.873. The van der Waals surface area contributed by atoms with Crippen LogP contribution in [0.25, 0.3) is 0 Å². The van der Waals surface area contributed by atoms with E-state index in [2.05, 4.69) is 4.99 Å². The third-order valence-corrected chi connectivity index (χ3v) is 3.59. The van der Waals surface area contributed by atoms with Gasteiger partial charge in [-0.25, -0.2) is 9.79 Å². The maximum Gasteiger partial charge on any atom is 0.328 e. The highest BCUT2D eigenvalue weighted by Crippen LogP contribution is 2.24. The first kappa shape index (κ1) is 14.3. The zero-order valence-corrected chi connectivity index (χ0v) is 11.5. The SMILES string of the molecule is CN1C=NC2C1C(=O)N(CCCCC(=O)O)C(=O)N2C. The minimum Gasteiger partial charge on any atom is -0.481 e. The van der Waals surface area contributed by atoms with Crippen LogP contribution in [0.1, 0.15) is 19.3 Å². The Morgan fingerprint density at radius 2 is 2.05 bits per heavy atom. The molecule has 1 saturated heterocycles. The molecule has 20 heavy (non-hydrogen) atoms. The van der Waals surface area contributed by atoms with Crippen molar-refractivity contribution in [2.45, 2.75) is 31.5 Å². The molecule has 0 radical (unpaired) electrons. The fourth-order valence-electron chi connectivity index (χ4n) is 2.46. The number of carbonyl (C=O) groups is 3. The molecule has 2 atom stereocenters. The summed E-state index contributed by atoms with van der Waals surface area (Å²) in [6, 6.07) is -0.851. The quantitative estimate of drug-likeness (QED) is 0.705. The zero-order chi connectivity index (χ0) is 14.9. The van der Waals surface area contributed by atoms with E-state index in [1.54, 1.807) is 25.3 Å². The maximum atomic E-state index is 12.3. The molecule has 2 rings (SSSR count). The molecule has 1 fully saturated rings. The summed E-state index contributed by atoms with van der Waals surface area (Å²) in [7, 11) is 3.37. The normalized spacial score (nSPS) is 25.4. The summed E-state index contributed by atoms with van der Waals surface area (Å²) in [5.41, 5.74) is 0. The van der Waals surface area contributed by atoms with Gasteiger partial charge in [0.15, 0.2) is 12.2 Å². The fraction of sp³-hybridized carbons (Fsp3) is 0.667. The molecule has 2 unspecified atom stereocenters. The van der Waals surface area contributed by atoms with Gasteiger partial charge in [0, 0.05) is 27.1 Å². The van der Waals surface area contributed by atoms with Crippen molar-refractivity contribution in [2.24, 2.45) is 4.99 Å². The number of urea groups is 1. The molecule has 0 saturated carbocycles. The van der Waals surface area contributed by atoms with Gasteiger partial charge in [-0.15, -0.1) is 0 Å². The second kappa shape index (κ2) is 5.48. The van der Waals surface area contributed by atoms with Crippen molar-refractivity contribution in [1.82, 2.24) is 14.7 Å². The Balaban J connectivity index is 2.00. The van der Waals surface area contributed by atoms with Crippen molar-refractivity contribution < 1.29 is 19.5 Å². The van der Waals surface area contributed by atoms with Crippen LogP contribution >= 0.6 is 0 Å². The topological polar surface area (TPSA) is 93.5 Å². The summed E-state index contributed by atoms with van der Waals surface area (Å²) in [6.45, 7) is 0.242. The van der Waals surface area contributed by atoms with E-state index in [0.29, 0.717) is 12.8 Å². The van der Waals surface area contributed by atoms with Gasteiger partial charge in [-0.3, -0.25) is 14.5 Å². The second-order valence-corrected chi connectivity index (χ2v) is 5.02. The first-order valence-electron chi connectivity index (χ1n) is 6.48. The molecule has 1 N–H and O–H groups in total. The van der Waals surface area contributed by atoms with Crippen molar-refractivity contribution >= 4 is 24.2 Å². The minimum absolute atomic E-state index is 0.0428. The molecule has 0 aromatic heterocycles. The summed E-state index contributed by atoms with van der Waals surface area (Å²) < 4.78 is 0. The first-order valence-corrected chi connectivity index (χ1v) is 6.48. The van der Waals surface area contributed by atoms with Crippen molar-refractivity contribution in [3.63, 3.8) is 0 Å². The smallest absolute Gasteiger partial charge is 0.328 e. The molecule has 8 heteroatoms. The van der Waals surface area contributed by atoms with Gasteiger partial charge in [0.05, 0.1) is 6.34 Å². The maximum absolute atomic E-state index is 12.3. The van der Waals surface area contributed by atoms with Gasteiger partial charge < -0.3 is 14.9 Å². The molecule has 0 spiro atoms. The molecule has 2 heterocycles. The molecule has 0 aromatic carbocycles. The number of carbonyl (C=O) groups excluding carboxylic acids is 2. The third kappa shape index (κ3) is 2.45. The molecule has 2 aliphatic rings. The lowest BCUT2D eigenvalue weighted by atomic mass is 10.1. The van der Waals surface area contributed by atoms with Gasteiger partial charge in [-0.2, -0.15) is 0 Å². The molecule has 110 valence electrons. The van der Waals surface area contributed by atoms with E-state index in [1.165, 1.54) is 9.80 Å². The molecule has 0 bridgehead atoms. The van der Waals surface area contributed by atoms with Gasteiger partial charge in [0.25, 0.3) is 5.91 Å². The Labute approximate surface area is 116 Å². The van der Waals surface area contributed by atoms with Crippen molar-refractivity contribution in [2.75, 3.05) is 20.6 Å². The van der Waals surface area contributed by atoms with E-state index in [4.69, 9.17) is 5.11 Å². The van der Waals surface area contributed by atoms with Gasteiger partial charge in [-0.05, 0) is 12.8 Å². The Morgan fingerprint density at radius 3 is 2.70 bits per heavy atom. The number of fused-ring (bicyclic) bond motifs is 1. The average molecular weight is 282 g/mol. The van der Waals surface area contributed by atoms with Gasteiger partial charge >= 0.3 is 12.0 Å². The highest BCUT2D eigenvalue weighted by atomic mass is 16.4. The van der Waals surface area contributed by atoms with E-state index >= 15 is 0 Å². The van der Waals surface area contributed by atoms with Crippen LogP contribution in [0.5, 0.6) is 0 Å². The zero-order valence-electron chi connectivity index (χ0n) is 11.5. The summed E-state index contributed by atoms with van der Waals surface area (Å²) in [5, 5.41) is 8.58. The van der Waals surface area contributed by atoms with Crippen LogP contribution in [0.15, 0.2) is 4.99 Å². The largest absolute Gasteiger partial charge is 0.481 e. The number of amides is 3. The summed E-state index contributed by atoms with van der Waals surface area (Å²) >= 11 is 0. The standard InChI is InChI=1S/C12H18N4O4/c1-14-7-13-10-9(14)11(19)16(12(20)15(10)2)6-4-3-5-8(17)18/h7,9-10H,3-6H2,1-2H3,(H,17,18). The molecule has 0 aliphatic carbocycles. The van der Waals surface area contributed by atoms with Crippen LogP contribution in [0.3, 0.4) is 0 Å². The van der Waals surface area contributed by atoms with Crippen LogP contribution in [0.2, 0.25) is 0 Å². The number of hydrogen-bond acceptors (Lipinski definition) is 5. The number of aliphatic imine (C=N–C) groups is 1. The number of carboxylic acids is 1. The van der Waals surface area contributed by atoms with Crippen LogP contribution in [0.4, 0.5) is 4.79 Å². The Hall–Kier alpha value is -2.12. The Morgan fingerprint density at radius 1 is 1.35 bits per heavy atom. The summed E-state index contributed by atoms with van der Waals surface area (Å²) in [4.78, 5) is 43.4. The van der Waals surface area contributed by atoms with Gasteiger partial charge in [0.2, 0.25) is 0 Å². The molecule has 0 aromatic rings. The Kier molecular flexibility index (Phi) is 3.91. The number of hydrogen-bond donors (Lipinski definition) is 1. The summed E-state index contributed by atoms with van der Waals surface area (Å²) in [6.07, 6.45) is 2.07. The van der Waals surface area contributed by atoms with Gasteiger partial charge in [0.1, 0.15) is 0 Å². The number of unbranched alkanes of at least 4 members (excludes halogenated alkanes) is 1. The van der Waals surface area contributed by atoms with Gasteiger partial charge in [-0.1, -0.05) is 0 Å². The summed E-state index contributed by atoms with van der Waals surface area (Å²) in [5.74, 6) is -1.14. The van der Waals surface area contributed by atoms with Crippen LogP contribution in [-0.4, -0.2) is 76.9 Å². The fourth-order valence-corrected chi connectivity index (χ4v) is 2.46. The number of aliphatic carboxylic acids is 1. The molecule has 3 amide bonds.